The zero-order chi connectivity index (χ0) is 16.9. The summed E-state index contributed by atoms with van der Waals surface area (Å²) in [5.41, 5.74) is -0.225. The van der Waals surface area contributed by atoms with Gasteiger partial charge in [-0.25, -0.2) is 4.79 Å². The quantitative estimate of drug-likeness (QED) is 0.710. The summed E-state index contributed by atoms with van der Waals surface area (Å²) in [5, 5.41) is 15.8. The average Bonchev–Trinajstić information content (AvgIpc) is 2.99. The van der Waals surface area contributed by atoms with Gasteiger partial charge < -0.3 is 20.2 Å². The van der Waals surface area contributed by atoms with Crippen LogP contribution in [0.5, 0.6) is 0 Å². The number of aryl methyl sites for hydroxylation is 1. The van der Waals surface area contributed by atoms with Crippen LogP contribution in [0.25, 0.3) is 0 Å². The molecule has 6 heteroatoms. The van der Waals surface area contributed by atoms with E-state index < -0.39 is 5.60 Å². The fourth-order valence-electron chi connectivity index (χ4n) is 2.05. The van der Waals surface area contributed by atoms with Crippen LogP contribution in [-0.2, 0) is 12.1 Å². The first-order valence-corrected chi connectivity index (χ1v) is 8.57. The van der Waals surface area contributed by atoms with E-state index in [0.29, 0.717) is 12.3 Å². The minimum atomic E-state index is -1.24. The van der Waals surface area contributed by atoms with Crippen molar-refractivity contribution in [1.82, 2.24) is 10.6 Å². The van der Waals surface area contributed by atoms with Gasteiger partial charge in [-0.3, -0.25) is 0 Å². The molecule has 1 heterocycles. The van der Waals surface area contributed by atoms with E-state index >= 15 is 0 Å². The number of hydrogen-bond acceptors (Lipinski definition) is 4. The normalized spacial score (nSPS) is 13.4. The minimum absolute atomic E-state index is 0.0667. The lowest BCUT2D eigenvalue weighted by molar-refractivity contribution is 0.0360. The number of nitrogens with one attached hydrogen (secondary N) is 2. The number of thioether (sulfide) groups is 1. The number of aliphatic hydroxyl groups is 1. The minimum Gasteiger partial charge on any atom is -0.463 e. The van der Waals surface area contributed by atoms with Gasteiger partial charge in [-0.1, -0.05) is 12.1 Å². The van der Waals surface area contributed by atoms with Crippen molar-refractivity contribution in [3.8, 4) is 0 Å². The average molecular weight is 334 g/mol. The highest BCUT2D eigenvalue weighted by molar-refractivity contribution is 7.98. The SMILES string of the molecule is CSc1ccc(CNC(=O)NCC(C)(O)c2ccc(C)o2)cc1. The summed E-state index contributed by atoms with van der Waals surface area (Å²) in [6, 6.07) is 11.2. The van der Waals surface area contributed by atoms with Gasteiger partial charge >= 0.3 is 6.03 Å². The molecule has 1 atom stereocenters. The van der Waals surface area contributed by atoms with Gasteiger partial charge in [-0.2, -0.15) is 0 Å². The molecule has 5 nitrogen and oxygen atoms in total. The number of furan rings is 1. The van der Waals surface area contributed by atoms with Crippen LogP contribution < -0.4 is 10.6 Å². The second-order valence-electron chi connectivity index (χ2n) is 5.57. The van der Waals surface area contributed by atoms with Crippen molar-refractivity contribution in [1.29, 1.82) is 0 Å². The monoisotopic (exact) mass is 334 g/mol. The van der Waals surface area contributed by atoms with Crippen molar-refractivity contribution in [3.63, 3.8) is 0 Å². The summed E-state index contributed by atoms with van der Waals surface area (Å²) in [5.74, 6) is 1.15. The first-order valence-electron chi connectivity index (χ1n) is 7.34. The van der Waals surface area contributed by atoms with Gasteiger partial charge in [-0.15, -0.1) is 11.8 Å². The molecule has 0 radical (unpaired) electrons. The van der Waals surface area contributed by atoms with Crippen molar-refractivity contribution >= 4 is 17.8 Å². The van der Waals surface area contributed by atoms with Crippen molar-refractivity contribution in [2.24, 2.45) is 0 Å². The van der Waals surface area contributed by atoms with E-state index in [4.69, 9.17) is 4.42 Å². The third-order valence-corrected chi connectivity index (χ3v) is 4.22. The van der Waals surface area contributed by atoms with Gasteiger partial charge in [0.15, 0.2) is 0 Å². The molecule has 0 saturated heterocycles. The summed E-state index contributed by atoms with van der Waals surface area (Å²) in [4.78, 5) is 13.0. The smallest absolute Gasteiger partial charge is 0.315 e. The lowest BCUT2D eigenvalue weighted by atomic mass is 10.0. The van der Waals surface area contributed by atoms with Crippen LogP contribution in [0.2, 0.25) is 0 Å². The lowest BCUT2D eigenvalue weighted by Crippen LogP contribution is -2.43. The molecule has 0 bridgehead atoms. The summed E-state index contributed by atoms with van der Waals surface area (Å²) in [6.07, 6.45) is 2.02. The van der Waals surface area contributed by atoms with Crippen LogP contribution in [0.4, 0.5) is 4.79 Å². The first-order chi connectivity index (χ1) is 10.9. The fraction of sp³-hybridized carbons (Fsp3) is 0.353. The molecule has 2 amide bonds. The predicted octanol–water partition coefficient (Wildman–Crippen LogP) is 3.02. The zero-order valence-electron chi connectivity index (χ0n) is 13.6. The molecule has 0 saturated carbocycles. The van der Waals surface area contributed by atoms with Gasteiger partial charge in [0, 0.05) is 11.4 Å². The Labute approximate surface area is 140 Å². The second-order valence-corrected chi connectivity index (χ2v) is 6.45. The van der Waals surface area contributed by atoms with Gasteiger partial charge in [-0.05, 0) is 49.9 Å². The Hall–Kier alpha value is -1.92. The fourth-order valence-corrected chi connectivity index (χ4v) is 2.46. The van der Waals surface area contributed by atoms with Gasteiger partial charge in [0.25, 0.3) is 0 Å². The van der Waals surface area contributed by atoms with E-state index in [1.807, 2.05) is 37.4 Å². The Morgan fingerprint density at radius 3 is 2.48 bits per heavy atom. The van der Waals surface area contributed by atoms with E-state index in [1.165, 1.54) is 4.90 Å². The number of urea groups is 1. The molecule has 2 aromatic rings. The Morgan fingerprint density at radius 1 is 1.22 bits per heavy atom. The summed E-state index contributed by atoms with van der Waals surface area (Å²) >= 11 is 1.68. The van der Waals surface area contributed by atoms with Crippen LogP contribution >= 0.6 is 11.8 Å². The Kier molecular flexibility index (Phi) is 5.74. The molecule has 124 valence electrons. The van der Waals surface area contributed by atoms with Crippen molar-refractivity contribution in [2.45, 2.75) is 30.9 Å². The molecule has 23 heavy (non-hydrogen) atoms. The molecular formula is C17H22N2O3S. The van der Waals surface area contributed by atoms with Gasteiger partial charge in [0.05, 0.1) is 6.54 Å². The number of rotatable bonds is 6. The number of carbonyl (C=O) groups is 1. The van der Waals surface area contributed by atoms with E-state index in [0.717, 1.165) is 11.3 Å². The maximum Gasteiger partial charge on any atom is 0.315 e. The number of carbonyl (C=O) groups excluding carboxylic acids is 1. The Balaban J connectivity index is 1.80. The van der Waals surface area contributed by atoms with E-state index in [-0.39, 0.29) is 12.6 Å². The third kappa shape index (κ3) is 5.04. The summed E-state index contributed by atoms with van der Waals surface area (Å²) in [6.45, 7) is 3.91. The molecule has 1 aromatic heterocycles. The highest BCUT2D eigenvalue weighted by Gasteiger charge is 2.27. The first kappa shape index (κ1) is 17.4. The van der Waals surface area contributed by atoms with E-state index in [2.05, 4.69) is 10.6 Å². The summed E-state index contributed by atoms with van der Waals surface area (Å²) in [7, 11) is 0. The molecule has 1 unspecified atom stereocenters. The van der Waals surface area contributed by atoms with Gasteiger partial charge in [0.2, 0.25) is 0 Å². The Bertz CT molecular complexity index is 650. The Morgan fingerprint density at radius 2 is 1.91 bits per heavy atom. The van der Waals surface area contributed by atoms with Crippen LogP contribution in [0.1, 0.15) is 24.0 Å². The van der Waals surface area contributed by atoms with Crippen molar-refractivity contribution < 1.29 is 14.3 Å². The van der Waals surface area contributed by atoms with Crippen molar-refractivity contribution in [3.05, 3.63) is 53.5 Å². The summed E-state index contributed by atoms with van der Waals surface area (Å²) < 4.78 is 5.41. The van der Waals surface area contributed by atoms with E-state index in [1.54, 1.807) is 30.8 Å². The molecule has 0 fully saturated rings. The van der Waals surface area contributed by atoms with Crippen molar-refractivity contribution in [2.75, 3.05) is 12.8 Å². The topological polar surface area (TPSA) is 74.5 Å². The lowest BCUT2D eigenvalue weighted by Gasteiger charge is -2.21. The highest BCUT2D eigenvalue weighted by Crippen LogP contribution is 2.21. The molecule has 2 rings (SSSR count). The maximum absolute atomic E-state index is 11.9. The molecule has 3 N–H and O–H groups in total. The molecule has 0 aliphatic rings. The van der Waals surface area contributed by atoms with Crippen LogP contribution in [0, 0.1) is 6.92 Å². The van der Waals surface area contributed by atoms with E-state index in [9.17, 15) is 9.90 Å². The zero-order valence-corrected chi connectivity index (χ0v) is 14.4. The largest absolute Gasteiger partial charge is 0.463 e. The molecule has 0 aliphatic carbocycles. The molecule has 0 spiro atoms. The molecular weight excluding hydrogens is 312 g/mol. The standard InChI is InChI=1S/C17H22N2O3S/c1-12-4-9-15(22-12)17(2,21)11-19-16(20)18-10-13-5-7-14(23-3)8-6-13/h4-9,21H,10-11H2,1-3H3,(H2,18,19,20). The predicted molar refractivity (Wildman–Crippen MR) is 91.5 cm³/mol. The second kappa shape index (κ2) is 7.57. The molecule has 1 aromatic carbocycles. The van der Waals surface area contributed by atoms with Crippen LogP contribution in [0.3, 0.4) is 0 Å². The number of hydrogen-bond donors (Lipinski definition) is 3. The number of benzene rings is 1. The third-order valence-electron chi connectivity index (χ3n) is 3.48. The molecule has 0 aliphatic heterocycles. The van der Waals surface area contributed by atoms with Gasteiger partial charge in [0.1, 0.15) is 17.1 Å². The highest BCUT2D eigenvalue weighted by atomic mass is 32.2. The number of amides is 2. The maximum atomic E-state index is 11.9. The van der Waals surface area contributed by atoms with Crippen LogP contribution in [-0.4, -0.2) is 23.9 Å². The van der Waals surface area contributed by atoms with Crippen LogP contribution in [0.15, 0.2) is 45.7 Å².